The van der Waals surface area contributed by atoms with Gasteiger partial charge in [-0.1, -0.05) is 12.1 Å². The highest BCUT2D eigenvalue weighted by Gasteiger charge is 2.21. The van der Waals surface area contributed by atoms with Gasteiger partial charge in [0.1, 0.15) is 0 Å². The number of halogens is 2. The number of hydrogen-bond acceptors (Lipinski definition) is 4. The Labute approximate surface area is 160 Å². The fraction of sp³-hybridized carbons (Fsp3) is 0.611. The zero-order valence-corrected chi connectivity index (χ0v) is 16.6. The van der Waals surface area contributed by atoms with E-state index in [-0.39, 0.29) is 12.6 Å². The summed E-state index contributed by atoms with van der Waals surface area (Å²) in [5.74, 6) is 0.690. The summed E-state index contributed by atoms with van der Waals surface area (Å²) in [6.45, 7) is 1.82. The number of likely N-dealkylation sites (tertiary alicyclic amines) is 1. The number of benzene rings is 1. The molecule has 0 aromatic heterocycles. The summed E-state index contributed by atoms with van der Waals surface area (Å²) in [5, 5.41) is 6.58. The first-order valence-electron chi connectivity index (χ1n) is 9.04. The highest BCUT2D eigenvalue weighted by Crippen LogP contribution is 2.12. The van der Waals surface area contributed by atoms with Crippen molar-refractivity contribution in [1.29, 1.82) is 0 Å². The third kappa shape index (κ3) is 7.42. The molecule has 1 aromatic rings. The molecule has 0 spiro atoms. The lowest BCUT2D eigenvalue weighted by atomic mass is 10.1. The molecular weight excluding hydrogens is 374 g/mol. The van der Waals surface area contributed by atoms with E-state index in [1.807, 2.05) is 12.1 Å². The monoisotopic (exact) mass is 402 g/mol. The van der Waals surface area contributed by atoms with Crippen LogP contribution in [0.15, 0.2) is 34.2 Å². The third-order valence-corrected chi connectivity index (χ3v) is 5.73. The molecule has 27 heavy (non-hydrogen) atoms. The molecule has 0 bridgehead atoms. The molecule has 6 nitrogen and oxygen atoms in total. The summed E-state index contributed by atoms with van der Waals surface area (Å²) < 4.78 is 47.8. The van der Waals surface area contributed by atoms with E-state index >= 15 is 0 Å². The number of sulfone groups is 1. The first-order chi connectivity index (χ1) is 12.8. The second-order valence-electron chi connectivity index (χ2n) is 6.78. The minimum atomic E-state index is -3.17. The molecule has 9 heteroatoms. The van der Waals surface area contributed by atoms with Gasteiger partial charge in [0.25, 0.3) is 6.43 Å². The normalized spacial score (nSPS) is 17.3. The van der Waals surface area contributed by atoms with E-state index < -0.39 is 16.3 Å². The van der Waals surface area contributed by atoms with E-state index in [4.69, 9.17) is 0 Å². The Morgan fingerprint density at radius 1 is 1.26 bits per heavy atom. The highest BCUT2D eigenvalue weighted by atomic mass is 32.2. The van der Waals surface area contributed by atoms with E-state index in [1.165, 1.54) is 6.26 Å². The van der Waals surface area contributed by atoms with Crippen LogP contribution in [-0.2, 0) is 16.3 Å². The van der Waals surface area contributed by atoms with Crippen LogP contribution in [0, 0.1) is 0 Å². The van der Waals surface area contributed by atoms with Crippen molar-refractivity contribution in [3.8, 4) is 0 Å². The van der Waals surface area contributed by atoms with Gasteiger partial charge in [-0.05, 0) is 37.0 Å². The van der Waals surface area contributed by atoms with Gasteiger partial charge >= 0.3 is 0 Å². The first kappa shape index (κ1) is 21.6. The zero-order valence-electron chi connectivity index (χ0n) is 15.8. The van der Waals surface area contributed by atoms with Crippen LogP contribution in [0.5, 0.6) is 0 Å². The molecule has 1 fully saturated rings. The fourth-order valence-electron chi connectivity index (χ4n) is 3.07. The van der Waals surface area contributed by atoms with Crippen LogP contribution >= 0.6 is 0 Å². The summed E-state index contributed by atoms with van der Waals surface area (Å²) in [6.07, 6.45) is 1.26. The van der Waals surface area contributed by atoms with E-state index in [1.54, 1.807) is 24.1 Å². The molecule has 0 aliphatic carbocycles. The molecule has 1 aromatic carbocycles. The number of nitrogens with one attached hydrogen (secondary N) is 2. The van der Waals surface area contributed by atoms with Crippen LogP contribution in [0.25, 0.3) is 0 Å². The molecule has 1 aliphatic heterocycles. The Kier molecular flexibility index (Phi) is 7.97. The van der Waals surface area contributed by atoms with Gasteiger partial charge in [-0.3, -0.25) is 9.89 Å². The summed E-state index contributed by atoms with van der Waals surface area (Å²) in [6, 6.07) is 7.08. The van der Waals surface area contributed by atoms with Crippen molar-refractivity contribution in [2.45, 2.75) is 36.6 Å². The van der Waals surface area contributed by atoms with E-state index in [0.29, 0.717) is 30.5 Å². The number of piperidine rings is 1. The van der Waals surface area contributed by atoms with Gasteiger partial charge in [-0.25, -0.2) is 17.2 Å². The Bertz CT molecular complexity index is 715. The van der Waals surface area contributed by atoms with Crippen LogP contribution in [-0.4, -0.2) is 71.2 Å². The van der Waals surface area contributed by atoms with E-state index in [9.17, 15) is 17.2 Å². The summed E-state index contributed by atoms with van der Waals surface area (Å²) in [7, 11) is -1.48. The van der Waals surface area contributed by atoms with Crippen LogP contribution in [0.1, 0.15) is 18.4 Å². The Balaban J connectivity index is 1.73. The lowest BCUT2D eigenvalue weighted by Crippen LogP contribution is -2.49. The van der Waals surface area contributed by atoms with Gasteiger partial charge in [-0.15, -0.1) is 0 Å². The average Bonchev–Trinajstić information content (AvgIpc) is 2.61. The number of nitrogens with zero attached hydrogens (tertiary/aromatic N) is 2. The van der Waals surface area contributed by atoms with Gasteiger partial charge in [0.05, 0.1) is 11.4 Å². The second kappa shape index (κ2) is 9.98. The van der Waals surface area contributed by atoms with Crippen molar-refractivity contribution >= 4 is 15.8 Å². The number of guanidine groups is 1. The smallest absolute Gasteiger partial charge is 0.251 e. The van der Waals surface area contributed by atoms with Gasteiger partial charge < -0.3 is 10.6 Å². The Hall–Kier alpha value is -1.74. The number of aliphatic imine (C=N–C) groups is 1. The molecule has 1 heterocycles. The summed E-state index contributed by atoms with van der Waals surface area (Å²) in [5.41, 5.74) is 1.03. The predicted octanol–water partition coefficient (Wildman–Crippen LogP) is 1.53. The molecule has 0 atom stereocenters. The van der Waals surface area contributed by atoms with E-state index in [0.717, 1.165) is 24.8 Å². The first-order valence-corrected chi connectivity index (χ1v) is 10.9. The minimum Gasteiger partial charge on any atom is -0.356 e. The summed E-state index contributed by atoms with van der Waals surface area (Å²) >= 11 is 0. The van der Waals surface area contributed by atoms with Crippen molar-refractivity contribution in [2.75, 3.05) is 39.5 Å². The quantitative estimate of drug-likeness (QED) is 0.535. The Morgan fingerprint density at radius 3 is 2.41 bits per heavy atom. The maximum Gasteiger partial charge on any atom is 0.251 e. The largest absolute Gasteiger partial charge is 0.356 e. The molecule has 2 N–H and O–H groups in total. The van der Waals surface area contributed by atoms with Crippen molar-refractivity contribution < 1.29 is 17.2 Å². The fourth-order valence-corrected chi connectivity index (χ4v) is 3.70. The van der Waals surface area contributed by atoms with Crippen molar-refractivity contribution in [1.82, 2.24) is 15.5 Å². The topological polar surface area (TPSA) is 73.8 Å². The number of alkyl halides is 2. The van der Waals surface area contributed by atoms with Crippen LogP contribution in [0.3, 0.4) is 0 Å². The number of hydrogen-bond donors (Lipinski definition) is 2. The minimum absolute atomic E-state index is 0.155. The van der Waals surface area contributed by atoms with Crippen molar-refractivity contribution in [3.63, 3.8) is 0 Å². The zero-order chi connectivity index (χ0) is 19.9. The van der Waals surface area contributed by atoms with Gasteiger partial charge in [-0.2, -0.15) is 0 Å². The molecule has 0 saturated carbocycles. The van der Waals surface area contributed by atoms with Gasteiger partial charge in [0.15, 0.2) is 15.8 Å². The molecule has 2 rings (SSSR count). The predicted molar refractivity (Wildman–Crippen MR) is 103 cm³/mol. The highest BCUT2D eigenvalue weighted by molar-refractivity contribution is 7.90. The SMILES string of the molecule is CN=C(NCCc1ccc(S(C)(=O)=O)cc1)NC1CCN(CC(F)F)CC1. The van der Waals surface area contributed by atoms with Crippen molar-refractivity contribution in [2.24, 2.45) is 4.99 Å². The number of rotatable bonds is 7. The summed E-state index contributed by atoms with van der Waals surface area (Å²) in [4.78, 5) is 6.31. The molecule has 0 amide bonds. The molecule has 1 saturated heterocycles. The molecule has 0 radical (unpaired) electrons. The van der Waals surface area contributed by atoms with E-state index in [2.05, 4.69) is 15.6 Å². The standard InChI is InChI=1S/C18H28F2N4O2S/c1-21-18(23-15-8-11-24(12-9-15)13-17(19)20)22-10-7-14-3-5-16(6-4-14)27(2,25)26/h3-6,15,17H,7-13H2,1-2H3,(H2,21,22,23). The van der Waals surface area contributed by atoms with Crippen LogP contribution in [0.4, 0.5) is 8.78 Å². The molecular formula is C18H28F2N4O2S. The third-order valence-electron chi connectivity index (χ3n) is 4.61. The van der Waals surface area contributed by atoms with Gasteiger partial charge in [0.2, 0.25) is 0 Å². The Morgan fingerprint density at radius 2 is 1.89 bits per heavy atom. The van der Waals surface area contributed by atoms with Crippen molar-refractivity contribution in [3.05, 3.63) is 29.8 Å². The lowest BCUT2D eigenvalue weighted by Gasteiger charge is -2.32. The lowest BCUT2D eigenvalue weighted by molar-refractivity contribution is 0.0744. The van der Waals surface area contributed by atoms with Crippen LogP contribution < -0.4 is 10.6 Å². The molecule has 0 unspecified atom stereocenters. The average molecular weight is 403 g/mol. The maximum atomic E-state index is 12.4. The molecule has 152 valence electrons. The maximum absolute atomic E-state index is 12.4. The van der Waals surface area contributed by atoms with Gasteiger partial charge in [0, 0.05) is 39.0 Å². The van der Waals surface area contributed by atoms with Crippen LogP contribution in [0.2, 0.25) is 0 Å². The second-order valence-corrected chi connectivity index (χ2v) is 8.79. The molecule has 1 aliphatic rings.